The maximum atomic E-state index is 13.1. The summed E-state index contributed by atoms with van der Waals surface area (Å²) < 4.78 is 40.1. The summed E-state index contributed by atoms with van der Waals surface area (Å²) in [6.45, 7) is 5.36. The summed E-state index contributed by atoms with van der Waals surface area (Å²) in [6.07, 6.45) is -2.76. The number of halogens is 3. The van der Waals surface area contributed by atoms with E-state index in [1.807, 2.05) is 36.1 Å². The van der Waals surface area contributed by atoms with Gasteiger partial charge in [-0.2, -0.15) is 17.7 Å². The van der Waals surface area contributed by atoms with Crippen LogP contribution in [-0.4, -0.2) is 62.0 Å². The van der Waals surface area contributed by atoms with Gasteiger partial charge in [-0.25, -0.2) is 4.79 Å². The van der Waals surface area contributed by atoms with Gasteiger partial charge in [-0.05, 0) is 35.3 Å². The molecule has 0 aliphatic carbocycles. The molecule has 1 aromatic carbocycles. The number of nitrogens with zero attached hydrogens (tertiary/aromatic N) is 6. The number of anilines is 1. The lowest BCUT2D eigenvalue weighted by molar-refractivity contribution is -0.146. The topological polar surface area (TPSA) is 86.9 Å². The number of hydrogen-bond donors (Lipinski definition) is 1. The fraction of sp³-hybridized carbons (Fsp3) is 0.364. The van der Waals surface area contributed by atoms with Gasteiger partial charge < -0.3 is 10.0 Å². The number of carboxylic acid groups (broad SMARTS) is 1. The number of piperazine rings is 1. The van der Waals surface area contributed by atoms with Gasteiger partial charge in [-0.3, -0.25) is 4.90 Å². The minimum atomic E-state index is -4.62. The maximum absolute atomic E-state index is 13.1. The zero-order valence-corrected chi connectivity index (χ0v) is 18.0. The predicted octanol–water partition coefficient (Wildman–Crippen LogP) is 3.34. The Bertz CT molecular complexity index is 1170. The molecule has 0 spiro atoms. The molecule has 0 atom stereocenters. The molecular weight excluding hydrogens is 437 g/mol. The van der Waals surface area contributed by atoms with Crippen molar-refractivity contribution >= 4 is 23.0 Å². The fourth-order valence-electron chi connectivity index (χ4n) is 3.88. The second kappa shape index (κ2) is 9.18. The number of fused-ring (bicyclic) bond motifs is 1. The Morgan fingerprint density at radius 2 is 1.76 bits per heavy atom. The van der Waals surface area contributed by atoms with E-state index in [1.54, 1.807) is 6.07 Å². The lowest BCUT2D eigenvalue weighted by Gasteiger charge is -2.35. The molecule has 3 heterocycles. The SMILES string of the molecule is CC/C(=C\C(=O)O)c1ccc(CN2CCN(c3ccc4nnc(C(F)(F)F)n4n3)CC2)cc1. The summed E-state index contributed by atoms with van der Waals surface area (Å²) >= 11 is 0. The van der Waals surface area contributed by atoms with Crippen molar-refractivity contribution in [3.8, 4) is 0 Å². The van der Waals surface area contributed by atoms with Crippen molar-refractivity contribution < 1.29 is 23.1 Å². The first-order chi connectivity index (χ1) is 15.7. The number of benzene rings is 1. The van der Waals surface area contributed by atoms with Gasteiger partial charge in [0.2, 0.25) is 0 Å². The molecule has 1 aliphatic rings. The van der Waals surface area contributed by atoms with E-state index < -0.39 is 18.0 Å². The number of aromatic nitrogens is 4. The Balaban J connectivity index is 1.39. The Labute approximate surface area is 187 Å². The van der Waals surface area contributed by atoms with E-state index in [4.69, 9.17) is 5.11 Å². The molecule has 2 aromatic heterocycles. The van der Waals surface area contributed by atoms with Gasteiger partial charge in [-0.15, -0.1) is 15.3 Å². The van der Waals surface area contributed by atoms with Gasteiger partial charge in [-0.1, -0.05) is 31.2 Å². The predicted molar refractivity (Wildman–Crippen MR) is 116 cm³/mol. The third-order valence-corrected chi connectivity index (χ3v) is 5.61. The van der Waals surface area contributed by atoms with Gasteiger partial charge in [0.25, 0.3) is 5.82 Å². The smallest absolute Gasteiger partial charge is 0.453 e. The first-order valence-electron chi connectivity index (χ1n) is 10.5. The van der Waals surface area contributed by atoms with Crippen LogP contribution < -0.4 is 4.90 Å². The van der Waals surface area contributed by atoms with Gasteiger partial charge in [0.05, 0.1) is 0 Å². The van der Waals surface area contributed by atoms with Crippen LogP contribution >= 0.6 is 0 Å². The highest BCUT2D eigenvalue weighted by Gasteiger charge is 2.37. The van der Waals surface area contributed by atoms with Crippen LogP contribution in [0.3, 0.4) is 0 Å². The molecule has 1 fully saturated rings. The molecular formula is C22H23F3N6O2. The van der Waals surface area contributed by atoms with Crippen molar-refractivity contribution in [3.63, 3.8) is 0 Å². The molecule has 0 radical (unpaired) electrons. The summed E-state index contributed by atoms with van der Waals surface area (Å²) in [6, 6.07) is 11.0. The molecule has 33 heavy (non-hydrogen) atoms. The van der Waals surface area contributed by atoms with Crippen LogP contribution in [0.15, 0.2) is 42.5 Å². The van der Waals surface area contributed by atoms with Crippen LogP contribution in [-0.2, 0) is 17.5 Å². The third-order valence-electron chi connectivity index (χ3n) is 5.61. The van der Waals surface area contributed by atoms with E-state index in [-0.39, 0.29) is 5.65 Å². The third kappa shape index (κ3) is 5.14. The van der Waals surface area contributed by atoms with E-state index in [1.165, 1.54) is 12.1 Å². The number of allylic oxidation sites excluding steroid dienone is 1. The van der Waals surface area contributed by atoms with Crippen LogP contribution in [0, 0.1) is 0 Å². The largest absolute Gasteiger partial charge is 0.478 e. The van der Waals surface area contributed by atoms with E-state index in [0.717, 1.165) is 40.8 Å². The van der Waals surface area contributed by atoms with Crippen molar-refractivity contribution in [3.05, 3.63) is 59.4 Å². The highest BCUT2D eigenvalue weighted by Crippen LogP contribution is 2.28. The molecule has 8 nitrogen and oxygen atoms in total. The van der Waals surface area contributed by atoms with Gasteiger partial charge in [0, 0.05) is 38.8 Å². The highest BCUT2D eigenvalue weighted by molar-refractivity contribution is 5.89. The highest BCUT2D eigenvalue weighted by atomic mass is 19.4. The standard InChI is InChI=1S/C22H23F3N6O2/c1-2-16(13-20(32)33)17-5-3-15(4-6-17)14-29-9-11-30(12-10-29)19-8-7-18-26-27-21(22(23,24)25)31(18)28-19/h3-8,13H,2,9-12,14H2,1H3,(H,32,33)/b16-13+. The summed E-state index contributed by atoms with van der Waals surface area (Å²) in [5.74, 6) is -1.64. The normalized spacial score (nSPS) is 15.9. The van der Waals surface area contributed by atoms with Gasteiger partial charge in [0.1, 0.15) is 5.82 Å². The van der Waals surface area contributed by atoms with Crippen molar-refractivity contribution in [2.24, 2.45) is 0 Å². The summed E-state index contributed by atoms with van der Waals surface area (Å²) in [7, 11) is 0. The molecule has 0 saturated carbocycles. The molecule has 1 saturated heterocycles. The van der Waals surface area contributed by atoms with Gasteiger partial charge >= 0.3 is 12.1 Å². The minimum Gasteiger partial charge on any atom is -0.478 e. The molecule has 1 aliphatic heterocycles. The van der Waals surface area contributed by atoms with E-state index in [2.05, 4.69) is 20.2 Å². The van der Waals surface area contributed by atoms with Crippen LogP contribution in [0.4, 0.5) is 19.0 Å². The number of carboxylic acids is 1. The fourth-order valence-corrected chi connectivity index (χ4v) is 3.88. The second-order valence-electron chi connectivity index (χ2n) is 7.80. The molecule has 3 aromatic rings. The molecule has 174 valence electrons. The van der Waals surface area contributed by atoms with Crippen LogP contribution in [0.5, 0.6) is 0 Å². The quantitative estimate of drug-likeness (QED) is 0.565. The van der Waals surface area contributed by atoms with E-state index >= 15 is 0 Å². The first kappa shape index (κ1) is 22.7. The van der Waals surface area contributed by atoms with E-state index in [0.29, 0.717) is 25.3 Å². The molecule has 4 rings (SSSR count). The summed E-state index contributed by atoms with van der Waals surface area (Å²) in [5.41, 5.74) is 2.82. The number of hydrogen-bond acceptors (Lipinski definition) is 6. The van der Waals surface area contributed by atoms with Crippen LogP contribution in [0.1, 0.15) is 30.3 Å². The Morgan fingerprint density at radius 1 is 1.06 bits per heavy atom. The Morgan fingerprint density at radius 3 is 2.36 bits per heavy atom. The van der Waals surface area contributed by atoms with Gasteiger partial charge in [0.15, 0.2) is 5.65 Å². The minimum absolute atomic E-state index is 0.0533. The van der Waals surface area contributed by atoms with Crippen molar-refractivity contribution in [1.29, 1.82) is 0 Å². The number of aliphatic carboxylic acids is 1. The lowest BCUT2D eigenvalue weighted by atomic mass is 10.0. The summed E-state index contributed by atoms with van der Waals surface area (Å²) in [4.78, 5) is 15.2. The Kier molecular flexibility index (Phi) is 6.32. The van der Waals surface area contributed by atoms with Crippen molar-refractivity contribution in [2.45, 2.75) is 26.1 Å². The van der Waals surface area contributed by atoms with Crippen LogP contribution in [0.25, 0.3) is 11.2 Å². The molecule has 11 heteroatoms. The maximum Gasteiger partial charge on any atom is 0.453 e. The Hall–Kier alpha value is -3.47. The molecule has 0 bridgehead atoms. The zero-order valence-electron chi connectivity index (χ0n) is 18.0. The molecule has 0 amide bonds. The average Bonchev–Trinajstić information content (AvgIpc) is 3.22. The molecule has 0 unspecified atom stereocenters. The number of carbonyl (C=O) groups is 1. The van der Waals surface area contributed by atoms with Crippen molar-refractivity contribution in [2.75, 3.05) is 31.1 Å². The lowest BCUT2D eigenvalue weighted by Crippen LogP contribution is -2.46. The van der Waals surface area contributed by atoms with Crippen molar-refractivity contribution in [1.82, 2.24) is 24.7 Å². The first-order valence-corrected chi connectivity index (χ1v) is 10.5. The monoisotopic (exact) mass is 460 g/mol. The number of rotatable bonds is 6. The van der Waals surface area contributed by atoms with Crippen LogP contribution in [0.2, 0.25) is 0 Å². The van der Waals surface area contributed by atoms with E-state index in [9.17, 15) is 18.0 Å². The summed E-state index contributed by atoms with van der Waals surface area (Å²) in [5, 5.41) is 19.9. The second-order valence-corrected chi connectivity index (χ2v) is 7.80. The number of alkyl halides is 3. The average molecular weight is 460 g/mol. The molecule has 1 N–H and O–H groups in total. The zero-order chi connectivity index (χ0) is 23.6.